The molecule has 0 saturated carbocycles. The van der Waals surface area contributed by atoms with Gasteiger partial charge in [-0.1, -0.05) is 17.7 Å². The first-order valence-corrected chi connectivity index (χ1v) is 8.40. The van der Waals surface area contributed by atoms with Crippen molar-refractivity contribution in [2.24, 2.45) is 0 Å². The van der Waals surface area contributed by atoms with Gasteiger partial charge in [-0.05, 0) is 48.9 Å². The highest BCUT2D eigenvalue weighted by atomic mass is 35.5. The summed E-state index contributed by atoms with van der Waals surface area (Å²) in [6.45, 7) is 1.91. The van der Waals surface area contributed by atoms with Gasteiger partial charge in [0.1, 0.15) is 17.9 Å². The molecule has 0 fully saturated rings. The van der Waals surface area contributed by atoms with Crippen LogP contribution in [0.3, 0.4) is 0 Å². The summed E-state index contributed by atoms with van der Waals surface area (Å²) in [5, 5.41) is 12.1. The molecule has 7 heteroatoms. The molecule has 1 N–H and O–H groups in total. The summed E-state index contributed by atoms with van der Waals surface area (Å²) in [6.07, 6.45) is 3.16. The molecule has 0 saturated heterocycles. The van der Waals surface area contributed by atoms with Crippen molar-refractivity contribution >= 4 is 17.5 Å². The summed E-state index contributed by atoms with van der Waals surface area (Å²) in [6, 6.07) is 11.8. The molecule has 1 amide bonds. The Morgan fingerprint density at radius 3 is 2.41 bits per heavy atom. The number of aryl methyl sites for hydroxylation is 1. The van der Waals surface area contributed by atoms with Gasteiger partial charge in [-0.2, -0.15) is 5.26 Å². The highest BCUT2D eigenvalue weighted by Crippen LogP contribution is 2.21. The van der Waals surface area contributed by atoms with Gasteiger partial charge >= 0.3 is 0 Å². The number of benzene rings is 1. The van der Waals surface area contributed by atoms with Gasteiger partial charge in [0.05, 0.1) is 22.0 Å². The second-order valence-electron chi connectivity index (χ2n) is 5.87. The fourth-order valence-corrected chi connectivity index (χ4v) is 2.58. The van der Waals surface area contributed by atoms with Crippen molar-refractivity contribution in [3.05, 3.63) is 93.8 Å². The van der Waals surface area contributed by atoms with Crippen molar-refractivity contribution in [2.75, 3.05) is 0 Å². The van der Waals surface area contributed by atoms with Gasteiger partial charge in [-0.25, -0.2) is 4.39 Å². The minimum atomic E-state index is -0.750. The predicted octanol–water partition coefficient (Wildman–Crippen LogP) is 3.97. The maximum Gasteiger partial charge on any atom is 0.252 e. The quantitative estimate of drug-likeness (QED) is 0.742. The molecule has 2 heterocycles. The third-order valence-corrected chi connectivity index (χ3v) is 4.13. The average molecular weight is 381 g/mol. The van der Waals surface area contributed by atoms with Crippen molar-refractivity contribution in [3.8, 4) is 6.07 Å². The van der Waals surface area contributed by atoms with Crippen molar-refractivity contribution in [1.82, 2.24) is 15.3 Å². The predicted molar refractivity (Wildman–Crippen MR) is 98.6 cm³/mol. The number of nitrogens with zero attached hydrogens (tertiary/aromatic N) is 3. The number of hydrogen-bond acceptors (Lipinski definition) is 4. The van der Waals surface area contributed by atoms with E-state index in [1.165, 1.54) is 18.3 Å². The van der Waals surface area contributed by atoms with Crippen LogP contribution in [-0.2, 0) is 0 Å². The van der Waals surface area contributed by atoms with Crippen LogP contribution in [0.5, 0.6) is 0 Å². The Labute approximate surface area is 160 Å². The van der Waals surface area contributed by atoms with Gasteiger partial charge in [0.25, 0.3) is 5.91 Å². The Morgan fingerprint density at radius 2 is 1.85 bits per heavy atom. The van der Waals surface area contributed by atoms with Gasteiger partial charge in [0.15, 0.2) is 0 Å². The molecule has 2 aromatic heterocycles. The van der Waals surface area contributed by atoms with Gasteiger partial charge < -0.3 is 5.32 Å². The number of rotatable bonds is 4. The van der Waals surface area contributed by atoms with Crippen LogP contribution in [0, 0.1) is 24.1 Å². The molecule has 0 bridgehead atoms. The number of carbonyl (C=O) groups is 1. The average Bonchev–Trinajstić information content (AvgIpc) is 2.67. The Kier molecular flexibility index (Phi) is 5.43. The normalized spacial score (nSPS) is 11.5. The fraction of sp³-hybridized carbons (Fsp3) is 0.100. The lowest BCUT2D eigenvalue weighted by atomic mass is 10.1. The molecular formula is C20H14ClFN4O. The number of nitrogens with one attached hydrogen (secondary N) is 1. The number of carbonyl (C=O) groups excluding carboxylic acids is 1. The molecule has 0 aliphatic carbocycles. The Morgan fingerprint density at radius 1 is 1.15 bits per heavy atom. The van der Waals surface area contributed by atoms with E-state index < -0.39 is 17.8 Å². The van der Waals surface area contributed by atoms with E-state index in [0.29, 0.717) is 16.4 Å². The minimum Gasteiger partial charge on any atom is -0.338 e. The van der Waals surface area contributed by atoms with Crippen LogP contribution >= 0.6 is 11.6 Å². The third kappa shape index (κ3) is 4.27. The second kappa shape index (κ2) is 7.94. The lowest BCUT2D eigenvalue weighted by Crippen LogP contribution is -2.30. The van der Waals surface area contributed by atoms with E-state index >= 15 is 0 Å². The van der Waals surface area contributed by atoms with E-state index in [4.69, 9.17) is 16.9 Å². The molecule has 3 aromatic rings. The maximum atomic E-state index is 13.8. The highest BCUT2D eigenvalue weighted by Gasteiger charge is 2.21. The second-order valence-corrected chi connectivity index (χ2v) is 6.31. The summed E-state index contributed by atoms with van der Waals surface area (Å²) in [5.41, 5.74) is 2.07. The van der Waals surface area contributed by atoms with Gasteiger partial charge in [0.2, 0.25) is 0 Å². The van der Waals surface area contributed by atoms with Crippen molar-refractivity contribution < 1.29 is 9.18 Å². The van der Waals surface area contributed by atoms with Crippen molar-refractivity contribution in [2.45, 2.75) is 13.0 Å². The van der Waals surface area contributed by atoms with E-state index in [-0.39, 0.29) is 11.1 Å². The summed E-state index contributed by atoms with van der Waals surface area (Å²) < 4.78 is 13.8. The fourth-order valence-electron chi connectivity index (χ4n) is 2.47. The summed E-state index contributed by atoms with van der Waals surface area (Å²) >= 11 is 5.90. The summed E-state index contributed by atoms with van der Waals surface area (Å²) in [5.74, 6) is -1.26. The molecule has 1 aromatic carbocycles. The molecule has 0 aliphatic rings. The molecule has 0 radical (unpaired) electrons. The number of nitriles is 1. The number of amides is 1. The molecular weight excluding hydrogens is 367 g/mol. The molecule has 134 valence electrons. The van der Waals surface area contributed by atoms with Crippen LogP contribution < -0.4 is 5.32 Å². The zero-order valence-corrected chi connectivity index (χ0v) is 15.0. The molecule has 0 spiro atoms. The van der Waals surface area contributed by atoms with Gasteiger partial charge in [-0.3, -0.25) is 14.8 Å². The smallest absolute Gasteiger partial charge is 0.252 e. The summed E-state index contributed by atoms with van der Waals surface area (Å²) in [7, 11) is 0. The molecule has 27 heavy (non-hydrogen) atoms. The van der Waals surface area contributed by atoms with Crippen LogP contribution in [0.2, 0.25) is 5.02 Å². The Hall–Kier alpha value is -3.30. The molecule has 0 unspecified atom stereocenters. The lowest BCUT2D eigenvalue weighted by Gasteiger charge is -2.18. The van der Waals surface area contributed by atoms with Crippen LogP contribution in [0.25, 0.3) is 0 Å². The van der Waals surface area contributed by atoms with Gasteiger partial charge in [-0.15, -0.1) is 0 Å². The number of halogens is 2. The summed E-state index contributed by atoms with van der Waals surface area (Å²) in [4.78, 5) is 21.3. The Bertz CT molecular complexity index is 968. The first kappa shape index (κ1) is 18.5. The van der Waals surface area contributed by atoms with E-state index in [0.717, 1.165) is 11.6 Å². The maximum absolute atomic E-state index is 13.8. The van der Waals surface area contributed by atoms with Crippen LogP contribution in [0.15, 0.2) is 54.9 Å². The number of hydrogen-bond donors (Lipinski definition) is 1. The van der Waals surface area contributed by atoms with E-state index in [9.17, 15) is 9.18 Å². The SMILES string of the molecule is Cc1ccc([C@@H](NC(=O)c2ccc(C#N)c(F)c2)c2ccc(Cl)cn2)nc1. The number of aromatic nitrogens is 2. The van der Waals surface area contributed by atoms with Crippen LogP contribution in [0.4, 0.5) is 4.39 Å². The largest absolute Gasteiger partial charge is 0.338 e. The lowest BCUT2D eigenvalue weighted by molar-refractivity contribution is 0.0941. The zero-order chi connectivity index (χ0) is 19.4. The van der Waals surface area contributed by atoms with Gasteiger partial charge in [0, 0.05) is 18.0 Å². The standard InChI is InChI=1S/C20H14ClFN4O/c1-12-2-6-17(24-10-12)19(18-7-5-15(21)11-25-18)26-20(27)13-3-4-14(9-23)16(22)8-13/h2-8,10-11,19H,1H3,(H,26,27)/t19-/m1/s1. The topological polar surface area (TPSA) is 78.7 Å². The monoisotopic (exact) mass is 380 g/mol. The zero-order valence-electron chi connectivity index (χ0n) is 14.3. The van der Waals surface area contributed by atoms with Crippen LogP contribution in [0.1, 0.15) is 38.9 Å². The van der Waals surface area contributed by atoms with Crippen LogP contribution in [-0.4, -0.2) is 15.9 Å². The van der Waals surface area contributed by atoms with Crippen molar-refractivity contribution in [1.29, 1.82) is 5.26 Å². The molecule has 1 atom stereocenters. The van der Waals surface area contributed by atoms with Crippen molar-refractivity contribution in [3.63, 3.8) is 0 Å². The highest BCUT2D eigenvalue weighted by molar-refractivity contribution is 6.30. The number of pyridine rings is 2. The van der Waals surface area contributed by atoms with E-state index in [1.807, 2.05) is 13.0 Å². The Balaban J connectivity index is 1.94. The van der Waals surface area contributed by atoms with E-state index in [2.05, 4.69) is 15.3 Å². The first-order chi connectivity index (χ1) is 13.0. The molecule has 3 rings (SSSR count). The molecule has 0 aliphatic heterocycles. The third-order valence-electron chi connectivity index (χ3n) is 3.90. The molecule has 5 nitrogen and oxygen atoms in total. The first-order valence-electron chi connectivity index (χ1n) is 8.02. The minimum absolute atomic E-state index is 0.0950. The van der Waals surface area contributed by atoms with E-state index in [1.54, 1.807) is 30.5 Å².